The van der Waals surface area contributed by atoms with Gasteiger partial charge in [-0.15, -0.1) is 11.8 Å². The number of phenols is 1. The van der Waals surface area contributed by atoms with E-state index in [2.05, 4.69) is 78.4 Å². The number of primary amides is 2. The van der Waals surface area contributed by atoms with Gasteiger partial charge in [0.2, 0.25) is 100 Å². The van der Waals surface area contributed by atoms with Crippen LogP contribution in [0.25, 0.3) is 33.1 Å². The van der Waals surface area contributed by atoms with Crippen LogP contribution >= 0.6 is 11.8 Å². The van der Waals surface area contributed by atoms with Crippen molar-refractivity contribution >= 4 is 140 Å². The van der Waals surface area contributed by atoms with Crippen LogP contribution in [0.15, 0.2) is 122 Å². The number of hydrogen-bond donors (Lipinski definition) is 20. The third-order valence-corrected chi connectivity index (χ3v) is 26.5. The molecule has 3 aliphatic heterocycles. The third-order valence-electron chi connectivity index (χ3n) is 25.5. The second-order valence-electron chi connectivity index (χ2n) is 36.3. The topological polar surface area (TPSA) is 641 Å². The fourth-order valence-electron chi connectivity index (χ4n) is 17.7. The smallest absolute Gasteiger partial charge is 0.246 e. The molecule has 23 N–H and O–H groups in total. The predicted molar refractivity (Wildman–Crippen MR) is 524 cm³/mol. The van der Waals surface area contributed by atoms with Crippen LogP contribution in [0.5, 0.6) is 5.75 Å². The average Bonchev–Trinajstić information content (AvgIpc) is 1.62. The number of para-hydroxylation sites is 2. The SMILES string of the molecule is CCCC[C@H]1C(=O)N(C)[C@@H](CCCC)C(=O)NC(CCCNC(=N)N)C(=O)N[C@H](C(=O)NCC(N)=O)CSCC(=O)N[C@@H](Cc2ccc(O)cc2)C(=O)N(C)[C@@H](C)C(=O)NC(CC(N)=O)C(=O)N2CCC[C@H]2C(=O)N[C@@H](Cc2cnc[nH]2)C(=O)N[C@@H](CC(C)C)C(=O)N2CCC[C@H]2C(=O)N[C@@H](Cc2c[nH]c3ccccc23)C(=O)N[C@@H](CO)C(=O)N[C@@H](Cc2c(-c3ccccc3)[nH]c3ccccc23)C(=O)N1C. The number of aromatic nitrogens is 4. The van der Waals surface area contributed by atoms with Gasteiger partial charge in [-0.25, -0.2) is 4.98 Å². The monoisotopic (exact) mass is 1970 g/mol. The molecule has 3 saturated heterocycles. The van der Waals surface area contributed by atoms with Crippen LogP contribution in [0.4, 0.5) is 0 Å². The van der Waals surface area contributed by atoms with Crippen LogP contribution in [0.2, 0.25) is 0 Å². The van der Waals surface area contributed by atoms with Gasteiger partial charge in [0.15, 0.2) is 5.96 Å². The van der Waals surface area contributed by atoms with Crippen molar-refractivity contribution in [1.29, 1.82) is 5.41 Å². The number of hydrogen-bond acceptors (Lipinski definition) is 22. The van der Waals surface area contributed by atoms with E-state index in [0.29, 0.717) is 81.1 Å². The minimum absolute atomic E-state index is 0.00243. The Labute approximate surface area is 820 Å². The Kier molecular flexibility index (Phi) is 40.0. The number of carbonyl (C=O) groups excluding carboxylic acids is 17. The highest BCUT2D eigenvalue weighted by Crippen LogP contribution is 2.34. The summed E-state index contributed by atoms with van der Waals surface area (Å²) in [5.74, 6) is -17.4. The van der Waals surface area contributed by atoms with Gasteiger partial charge in [0, 0.05) is 118 Å². The van der Waals surface area contributed by atoms with Crippen LogP contribution in [0.1, 0.15) is 147 Å². The lowest BCUT2D eigenvalue weighted by Crippen LogP contribution is -2.62. The highest BCUT2D eigenvalue weighted by Gasteiger charge is 2.46. The van der Waals surface area contributed by atoms with Gasteiger partial charge < -0.3 is 125 Å². The zero-order chi connectivity index (χ0) is 102. The first-order valence-electron chi connectivity index (χ1n) is 47.6. The number of aliphatic hydroxyl groups excluding tert-OH is 1. The zero-order valence-corrected chi connectivity index (χ0v) is 81.4. The molecule has 6 heterocycles. The summed E-state index contributed by atoms with van der Waals surface area (Å²) in [6.07, 6.45) is 4.37. The molecule has 0 aliphatic carbocycles. The van der Waals surface area contributed by atoms with Gasteiger partial charge in [0.1, 0.15) is 90.3 Å². The first-order chi connectivity index (χ1) is 67.4. The Hall–Kier alpha value is -14.5. The highest BCUT2D eigenvalue weighted by molar-refractivity contribution is 8.00. The van der Waals surface area contributed by atoms with Crippen molar-refractivity contribution in [1.82, 2.24) is 103 Å². The molecular formula is C97H132N24O19S. The van der Waals surface area contributed by atoms with Crippen molar-refractivity contribution in [2.45, 2.75) is 235 Å². The molecule has 0 bridgehead atoms. The number of phenolic OH excluding ortho intramolecular Hbond substituents is 1. The number of aromatic hydroxyl groups is 1. The van der Waals surface area contributed by atoms with E-state index < -0.39 is 222 Å². The summed E-state index contributed by atoms with van der Waals surface area (Å²) in [5.41, 5.74) is 21.2. The molecule has 17 amide bonds. The molecule has 10 rings (SSSR count). The van der Waals surface area contributed by atoms with Gasteiger partial charge in [0.05, 0.1) is 31.7 Å². The van der Waals surface area contributed by atoms with Gasteiger partial charge in [-0.1, -0.05) is 132 Å². The summed E-state index contributed by atoms with van der Waals surface area (Å²) in [6, 6.07) is 7.64. The lowest BCUT2D eigenvalue weighted by molar-refractivity contribution is -0.149. The second kappa shape index (κ2) is 52.0. The van der Waals surface area contributed by atoms with Crippen LogP contribution in [-0.4, -0.2) is 311 Å². The molecule has 0 radical (unpaired) electrons. The maximum atomic E-state index is 16.2. The summed E-state index contributed by atoms with van der Waals surface area (Å²) in [4.78, 5) is 272. The first-order valence-corrected chi connectivity index (χ1v) is 48.7. The van der Waals surface area contributed by atoms with E-state index in [4.69, 9.17) is 22.6 Å². The number of unbranched alkanes of at least 4 members (excludes halogenated alkanes) is 2. The molecule has 7 aromatic rings. The van der Waals surface area contributed by atoms with Gasteiger partial charge in [-0.2, -0.15) is 0 Å². The lowest BCUT2D eigenvalue weighted by atomic mass is 9.96. The summed E-state index contributed by atoms with van der Waals surface area (Å²) in [7, 11) is 3.95. The maximum absolute atomic E-state index is 16.2. The molecular weight excluding hydrogens is 1840 g/mol. The number of nitrogens with zero attached hydrogens (tertiary/aromatic N) is 6. The number of benzene rings is 4. The largest absolute Gasteiger partial charge is 0.508 e. The minimum atomic E-state index is -1.88. The fraction of sp³-hybridized carbons (Fsp3) is 0.495. The van der Waals surface area contributed by atoms with Crippen LogP contribution in [-0.2, 0) is 107 Å². The molecule has 3 aliphatic rings. The number of H-pyrrole nitrogens is 3. The van der Waals surface area contributed by atoms with E-state index in [1.165, 1.54) is 74.7 Å². The summed E-state index contributed by atoms with van der Waals surface area (Å²) in [6.45, 7) is 6.62. The van der Waals surface area contributed by atoms with E-state index in [-0.39, 0.29) is 115 Å². The first kappa shape index (κ1) is 109. The molecule has 760 valence electrons. The number of thioether (sulfide) groups is 1. The normalized spacial score (nSPS) is 23.7. The second-order valence-corrected chi connectivity index (χ2v) is 37.3. The number of amides is 17. The van der Waals surface area contributed by atoms with Gasteiger partial charge >= 0.3 is 0 Å². The number of likely N-dealkylation sites (N-methyl/N-ethyl adjacent to an activating group) is 3. The van der Waals surface area contributed by atoms with Crippen molar-refractivity contribution in [3.8, 4) is 17.0 Å². The lowest BCUT2D eigenvalue weighted by Gasteiger charge is -2.36. The third kappa shape index (κ3) is 29.8. The minimum Gasteiger partial charge on any atom is -0.508 e. The van der Waals surface area contributed by atoms with Crippen molar-refractivity contribution < 1.29 is 91.7 Å². The Morgan fingerprint density at radius 2 is 1.08 bits per heavy atom. The fourth-order valence-corrected chi connectivity index (χ4v) is 18.6. The van der Waals surface area contributed by atoms with Crippen molar-refractivity contribution in [3.05, 3.63) is 144 Å². The molecule has 0 spiro atoms. The quantitative estimate of drug-likeness (QED) is 0.0180. The van der Waals surface area contributed by atoms with Crippen LogP contribution in [0.3, 0.4) is 0 Å². The molecule has 141 heavy (non-hydrogen) atoms. The maximum Gasteiger partial charge on any atom is 0.246 e. The van der Waals surface area contributed by atoms with Gasteiger partial charge in [0.25, 0.3) is 0 Å². The number of nitrogens with one attached hydrogen (secondary N) is 15. The van der Waals surface area contributed by atoms with E-state index in [1.807, 2.05) is 56.3 Å². The number of imidazole rings is 1. The number of aliphatic hydroxyl groups is 1. The Balaban J connectivity index is 1.04. The van der Waals surface area contributed by atoms with Crippen molar-refractivity contribution in [2.24, 2.45) is 23.1 Å². The van der Waals surface area contributed by atoms with Crippen molar-refractivity contribution in [3.63, 3.8) is 0 Å². The average molecular weight is 1970 g/mol. The number of aromatic amines is 3. The molecule has 4 aromatic carbocycles. The number of guanidine groups is 1. The Morgan fingerprint density at radius 3 is 1.69 bits per heavy atom. The van der Waals surface area contributed by atoms with Crippen LogP contribution < -0.4 is 75.7 Å². The zero-order valence-electron chi connectivity index (χ0n) is 80.5. The van der Waals surface area contributed by atoms with Gasteiger partial charge in [-0.05, 0) is 117 Å². The number of rotatable bonds is 27. The molecule has 3 aromatic heterocycles. The number of carbonyl (C=O) groups is 17. The van der Waals surface area contributed by atoms with E-state index in [0.717, 1.165) is 26.5 Å². The van der Waals surface area contributed by atoms with Crippen molar-refractivity contribution in [2.75, 3.05) is 65.4 Å². The summed E-state index contributed by atoms with van der Waals surface area (Å²) >= 11 is 0.766. The molecule has 3 fully saturated rings. The summed E-state index contributed by atoms with van der Waals surface area (Å²) in [5, 5.41) is 60.4. The van der Waals surface area contributed by atoms with E-state index in [9.17, 15) is 48.6 Å². The van der Waals surface area contributed by atoms with Gasteiger partial charge in [-0.3, -0.25) is 86.9 Å². The molecule has 0 saturated carbocycles. The molecule has 44 heteroatoms. The highest BCUT2D eigenvalue weighted by atomic mass is 32.2. The number of fused-ring (bicyclic) bond motifs is 4. The Bertz CT molecular complexity index is 5600. The van der Waals surface area contributed by atoms with E-state index in [1.54, 1.807) is 56.4 Å². The predicted octanol–water partition coefficient (Wildman–Crippen LogP) is -0.233. The molecule has 14 atom stereocenters. The standard InChI is InChI=1S/C97H132N24O19S/c1-9-11-30-75-89(133)109-66(29-20-38-103-97(100)101)85(129)116-74(84(128)105-49-80(99)125)51-141-52-81(126)107-70(42-56-34-36-60(123)37-35-56)92(136)117(6)55(5)83(127)112-72(46-79(98)124)95(139)121-40-22-33-77(121)91(135)111-68(44-59-48-102-53-106-59)87(131)113-69(41-54(3)4)94(138)120-39-21-32-76(120)90(134)110-67(43-58-47-104-64-27-18-16-25-61(58)64)86(130)115-73(50-122)88(132)114-71(93(137)119(8)78(31-12-10-2)96(140)118(75)7)45-63-62-26-17-19-28-65(62)108-82(63)57-23-14-13-15-24-57/h13-19,23-28,34-37,47-48,53-55,66-78,104,108,122-123H,9-12,20-22,29-33,38-46,49-52H2,1-8H3,(H2,98,124)(H2,99,125)(H,102,106)(H,105,128)(H,107,126)(H,109,133)(H,110,134)(H,111,135)(H,112,127)(H,113,131)(H,114,132)(H,115,130)(H,116,129)(H4,100,101,103)/t55-,66?,67-,68-,69-,70-,71-,72?,73-,74-,75-,76-,77-,78-/m0/s1. The Morgan fingerprint density at radius 1 is 0.532 bits per heavy atom. The number of nitrogens with two attached hydrogens (primary N) is 3. The van der Waals surface area contributed by atoms with E-state index >= 15 is 43.2 Å². The summed E-state index contributed by atoms with van der Waals surface area (Å²) < 4.78 is 0. The molecule has 2 unspecified atom stereocenters. The molecule has 43 nitrogen and oxygen atoms in total. The van der Waals surface area contributed by atoms with Crippen LogP contribution in [0, 0.1) is 11.3 Å².